The number of rotatable bonds is 2. The summed E-state index contributed by atoms with van der Waals surface area (Å²) in [7, 11) is 0. The van der Waals surface area contributed by atoms with Crippen LogP contribution in [0.1, 0.15) is 21.8 Å². The van der Waals surface area contributed by atoms with E-state index in [-0.39, 0.29) is 17.6 Å². The molecule has 1 heterocycles. The molecule has 0 aliphatic heterocycles. The van der Waals surface area contributed by atoms with Gasteiger partial charge in [-0.15, -0.1) is 10.2 Å². The largest absolute Gasteiger partial charge is 0.417 e. The van der Waals surface area contributed by atoms with Crippen molar-refractivity contribution in [3.63, 3.8) is 0 Å². The van der Waals surface area contributed by atoms with Crippen LogP contribution in [-0.2, 0) is 5.60 Å². The summed E-state index contributed by atoms with van der Waals surface area (Å²) < 4.78 is 18.7. The normalized spacial score (nSPS) is 18.6. The van der Waals surface area contributed by atoms with E-state index in [4.69, 9.17) is 4.42 Å². The molecule has 6 heteroatoms. The number of ketones is 1. The summed E-state index contributed by atoms with van der Waals surface area (Å²) in [5.74, 6) is -0.992. The predicted octanol–water partition coefficient (Wildman–Crippen LogP) is 3.46. The first-order valence-corrected chi connectivity index (χ1v) is 7.98. The minimum Gasteiger partial charge on any atom is -0.417 e. The first-order chi connectivity index (χ1) is 12.6. The van der Waals surface area contributed by atoms with Gasteiger partial charge in [-0.3, -0.25) is 4.79 Å². The molecule has 126 valence electrons. The average Bonchev–Trinajstić information content (AvgIpc) is 3.24. The standard InChI is InChI=1S/C20H11FN2O3/c21-13-9-7-12(8-10-13)18-22-23-19(26-18)20(25)15-6-2-4-11-3-1-5-14(16(11)15)17(20)24/h1-10,25H. The van der Waals surface area contributed by atoms with Crippen LogP contribution in [0.15, 0.2) is 65.1 Å². The molecule has 0 radical (unpaired) electrons. The second-order valence-electron chi connectivity index (χ2n) is 6.17. The molecular formula is C20H11FN2O3. The maximum Gasteiger partial charge on any atom is 0.261 e. The minimum atomic E-state index is -2.03. The van der Waals surface area contributed by atoms with Gasteiger partial charge in [0.05, 0.1) is 0 Å². The molecule has 0 bridgehead atoms. The first kappa shape index (κ1) is 14.9. The molecule has 1 atom stereocenters. The van der Waals surface area contributed by atoms with Gasteiger partial charge in [-0.1, -0.05) is 36.4 Å². The lowest BCUT2D eigenvalue weighted by molar-refractivity contribution is 0.0405. The van der Waals surface area contributed by atoms with Crippen molar-refractivity contribution in [1.82, 2.24) is 10.2 Å². The van der Waals surface area contributed by atoms with E-state index in [1.54, 1.807) is 24.3 Å². The molecule has 1 aliphatic carbocycles. The highest BCUT2D eigenvalue weighted by Crippen LogP contribution is 2.44. The van der Waals surface area contributed by atoms with E-state index in [2.05, 4.69) is 10.2 Å². The quantitative estimate of drug-likeness (QED) is 0.601. The summed E-state index contributed by atoms with van der Waals surface area (Å²) in [5, 5.41) is 20.6. The Morgan fingerprint density at radius 1 is 0.962 bits per heavy atom. The lowest BCUT2D eigenvalue weighted by Gasteiger charge is -2.17. The van der Waals surface area contributed by atoms with Crippen molar-refractivity contribution in [3.8, 4) is 11.5 Å². The molecule has 0 spiro atoms. The van der Waals surface area contributed by atoms with Gasteiger partial charge >= 0.3 is 0 Å². The second kappa shape index (κ2) is 5.06. The van der Waals surface area contributed by atoms with E-state index in [0.29, 0.717) is 22.1 Å². The van der Waals surface area contributed by atoms with Crippen LogP contribution in [0.3, 0.4) is 0 Å². The molecular weight excluding hydrogens is 335 g/mol. The number of hydrogen-bond donors (Lipinski definition) is 1. The summed E-state index contributed by atoms with van der Waals surface area (Å²) in [6, 6.07) is 16.1. The molecule has 4 aromatic rings. The third-order valence-corrected chi connectivity index (χ3v) is 4.69. The van der Waals surface area contributed by atoms with Crippen molar-refractivity contribution >= 4 is 16.6 Å². The number of carbonyl (C=O) groups is 1. The maximum atomic E-state index is 13.1. The zero-order valence-electron chi connectivity index (χ0n) is 13.3. The second-order valence-corrected chi connectivity index (χ2v) is 6.17. The van der Waals surface area contributed by atoms with Crippen molar-refractivity contribution in [3.05, 3.63) is 83.5 Å². The van der Waals surface area contributed by atoms with Gasteiger partial charge in [0.1, 0.15) is 5.82 Å². The Morgan fingerprint density at radius 3 is 2.46 bits per heavy atom. The molecule has 0 saturated heterocycles. The van der Waals surface area contributed by atoms with Gasteiger partial charge in [-0.2, -0.15) is 0 Å². The van der Waals surface area contributed by atoms with Gasteiger partial charge < -0.3 is 9.52 Å². The van der Waals surface area contributed by atoms with Gasteiger partial charge in [0.15, 0.2) is 0 Å². The lowest BCUT2D eigenvalue weighted by atomic mass is 9.94. The number of carbonyl (C=O) groups excluding carboxylic acids is 1. The van der Waals surface area contributed by atoms with Gasteiger partial charge in [-0.05, 0) is 35.0 Å². The van der Waals surface area contributed by atoms with E-state index in [0.717, 1.165) is 5.39 Å². The molecule has 1 unspecified atom stereocenters. The lowest BCUT2D eigenvalue weighted by Crippen LogP contribution is -2.33. The monoisotopic (exact) mass is 346 g/mol. The summed E-state index contributed by atoms with van der Waals surface area (Å²) in [4.78, 5) is 13.0. The third kappa shape index (κ3) is 1.84. The van der Waals surface area contributed by atoms with E-state index < -0.39 is 11.4 Å². The van der Waals surface area contributed by atoms with E-state index in [9.17, 15) is 14.3 Å². The number of hydrogen-bond acceptors (Lipinski definition) is 5. The molecule has 3 aromatic carbocycles. The SMILES string of the molecule is O=C1c2cccc3cccc(c23)C1(O)c1nnc(-c2ccc(F)cc2)o1. The van der Waals surface area contributed by atoms with Crippen molar-refractivity contribution in [1.29, 1.82) is 0 Å². The number of halogens is 1. The van der Waals surface area contributed by atoms with Gasteiger partial charge in [0.2, 0.25) is 17.3 Å². The molecule has 1 N–H and O–H groups in total. The topological polar surface area (TPSA) is 76.2 Å². The number of benzene rings is 3. The van der Waals surface area contributed by atoms with Crippen molar-refractivity contribution in [2.24, 2.45) is 0 Å². The van der Waals surface area contributed by atoms with Crippen LogP contribution in [0.25, 0.3) is 22.2 Å². The van der Waals surface area contributed by atoms with Gasteiger partial charge in [0, 0.05) is 16.7 Å². The van der Waals surface area contributed by atoms with Crippen LogP contribution in [0.4, 0.5) is 4.39 Å². The fraction of sp³-hybridized carbons (Fsp3) is 0.0500. The highest BCUT2D eigenvalue weighted by molar-refractivity contribution is 6.20. The van der Waals surface area contributed by atoms with E-state index in [1.807, 2.05) is 12.1 Å². The average molecular weight is 346 g/mol. The zero-order chi connectivity index (χ0) is 17.9. The summed E-state index contributed by atoms with van der Waals surface area (Å²) in [5.41, 5.74) is -0.698. The summed E-state index contributed by atoms with van der Waals surface area (Å²) in [6.07, 6.45) is 0. The number of aromatic nitrogens is 2. The fourth-order valence-corrected chi connectivity index (χ4v) is 3.44. The van der Waals surface area contributed by atoms with Crippen LogP contribution in [0.2, 0.25) is 0 Å². The third-order valence-electron chi connectivity index (χ3n) is 4.69. The van der Waals surface area contributed by atoms with Crippen molar-refractivity contribution in [2.45, 2.75) is 5.60 Å². The highest BCUT2D eigenvalue weighted by atomic mass is 19.1. The zero-order valence-corrected chi connectivity index (χ0v) is 13.3. The molecule has 5 rings (SSSR count). The van der Waals surface area contributed by atoms with Crippen LogP contribution in [0.5, 0.6) is 0 Å². The van der Waals surface area contributed by atoms with E-state index >= 15 is 0 Å². The molecule has 0 fully saturated rings. The first-order valence-electron chi connectivity index (χ1n) is 7.98. The molecule has 5 nitrogen and oxygen atoms in total. The molecule has 0 amide bonds. The van der Waals surface area contributed by atoms with Crippen molar-refractivity contribution in [2.75, 3.05) is 0 Å². The Hall–Kier alpha value is -3.38. The van der Waals surface area contributed by atoms with Gasteiger partial charge in [-0.25, -0.2) is 4.39 Å². The smallest absolute Gasteiger partial charge is 0.261 e. The maximum absolute atomic E-state index is 13.1. The number of Topliss-reactive ketones (excluding diaryl/α,β-unsaturated/α-hetero) is 1. The Kier molecular flexibility index (Phi) is 2.90. The van der Waals surface area contributed by atoms with Crippen LogP contribution in [0, 0.1) is 5.82 Å². The Labute approximate surface area is 146 Å². The minimum absolute atomic E-state index is 0.101. The molecule has 26 heavy (non-hydrogen) atoms. The Morgan fingerprint density at radius 2 is 1.69 bits per heavy atom. The van der Waals surface area contributed by atoms with Crippen LogP contribution >= 0.6 is 0 Å². The summed E-state index contributed by atoms with van der Waals surface area (Å²) in [6.45, 7) is 0. The van der Waals surface area contributed by atoms with Crippen LogP contribution in [-0.4, -0.2) is 21.1 Å². The van der Waals surface area contributed by atoms with Crippen molar-refractivity contribution < 1.29 is 18.7 Å². The predicted molar refractivity (Wildman–Crippen MR) is 91.0 cm³/mol. The molecule has 0 saturated carbocycles. The van der Waals surface area contributed by atoms with Crippen LogP contribution < -0.4 is 0 Å². The van der Waals surface area contributed by atoms with Gasteiger partial charge in [0.25, 0.3) is 5.89 Å². The Bertz CT molecular complexity index is 1180. The van der Waals surface area contributed by atoms with E-state index in [1.165, 1.54) is 24.3 Å². The fourth-order valence-electron chi connectivity index (χ4n) is 3.44. The molecule has 1 aliphatic rings. The Balaban J connectivity index is 1.69. The molecule has 1 aromatic heterocycles. The number of nitrogens with zero attached hydrogens (tertiary/aromatic N) is 2. The highest BCUT2D eigenvalue weighted by Gasteiger charge is 2.51. The summed E-state index contributed by atoms with van der Waals surface area (Å²) >= 11 is 0. The number of aliphatic hydroxyl groups is 1.